The van der Waals surface area contributed by atoms with Crippen molar-refractivity contribution in [2.45, 2.75) is 37.9 Å². The first kappa shape index (κ1) is 12.4. The largest absolute Gasteiger partial charge is 0.411 e. The van der Waals surface area contributed by atoms with Crippen molar-refractivity contribution in [3.05, 3.63) is 0 Å². The lowest BCUT2D eigenvalue weighted by Crippen LogP contribution is -2.39. The van der Waals surface area contributed by atoms with Gasteiger partial charge < -0.3 is 24.5 Å². The Bertz CT molecular complexity index is 231. The van der Waals surface area contributed by atoms with Crippen LogP contribution in [0.25, 0.3) is 0 Å². The summed E-state index contributed by atoms with van der Waals surface area (Å²) in [5.74, 6) is -0.800. The maximum absolute atomic E-state index is 9.70. The predicted octanol–water partition coefficient (Wildman–Crippen LogP) is -0.0262. The summed E-state index contributed by atoms with van der Waals surface area (Å²) in [7, 11) is 1.49. The number of hydrogen-bond acceptors (Lipinski definition) is 6. The van der Waals surface area contributed by atoms with Crippen LogP contribution in [0.4, 0.5) is 0 Å². The molecule has 6 nitrogen and oxygen atoms in total. The van der Waals surface area contributed by atoms with Gasteiger partial charge in [0.2, 0.25) is 0 Å². The van der Waals surface area contributed by atoms with E-state index in [2.05, 4.69) is 5.16 Å². The summed E-state index contributed by atoms with van der Waals surface area (Å²) in [5, 5.41) is 21.0. The molecule has 0 aromatic heterocycles. The van der Waals surface area contributed by atoms with Gasteiger partial charge in [-0.3, -0.25) is 0 Å². The van der Waals surface area contributed by atoms with E-state index in [0.29, 0.717) is 0 Å². The van der Waals surface area contributed by atoms with Gasteiger partial charge >= 0.3 is 0 Å². The Hall–Kier alpha value is -0.690. The molecule has 1 aliphatic rings. The van der Waals surface area contributed by atoms with Crippen LogP contribution < -0.4 is 0 Å². The molecule has 6 heteroatoms. The van der Waals surface area contributed by atoms with Crippen molar-refractivity contribution in [1.82, 2.24) is 0 Å². The summed E-state index contributed by atoms with van der Waals surface area (Å²) < 4.78 is 15.7. The Kier molecular flexibility index (Phi) is 4.04. The van der Waals surface area contributed by atoms with E-state index in [1.807, 2.05) is 0 Å². The molecule has 3 unspecified atom stereocenters. The second kappa shape index (κ2) is 4.89. The van der Waals surface area contributed by atoms with Gasteiger partial charge in [-0.2, -0.15) is 0 Å². The van der Waals surface area contributed by atoms with Gasteiger partial charge in [0.1, 0.15) is 18.3 Å². The van der Waals surface area contributed by atoms with Gasteiger partial charge in [-0.15, -0.1) is 0 Å². The van der Waals surface area contributed by atoms with Crippen molar-refractivity contribution in [2.24, 2.45) is 5.16 Å². The number of hydrogen-bond donors (Lipinski definition) is 2. The Morgan fingerprint density at radius 1 is 1.53 bits per heavy atom. The second-order valence-electron chi connectivity index (χ2n) is 3.85. The van der Waals surface area contributed by atoms with Gasteiger partial charge in [0, 0.05) is 7.11 Å². The number of nitrogens with zero attached hydrogens (tertiary/aromatic N) is 1. The molecular formula is C9H17NO5. The second-order valence-corrected chi connectivity index (χ2v) is 3.85. The zero-order valence-corrected chi connectivity index (χ0v) is 9.08. The number of rotatable bonds is 4. The Morgan fingerprint density at radius 2 is 2.20 bits per heavy atom. The van der Waals surface area contributed by atoms with Crippen molar-refractivity contribution in [3.63, 3.8) is 0 Å². The lowest BCUT2D eigenvalue weighted by atomic mass is 10.1. The summed E-state index contributed by atoms with van der Waals surface area (Å²) in [4.78, 5) is 0. The smallest absolute Gasteiger partial charge is 0.164 e. The maximum atomic E-state index is 9.70. The van der Waals surface area contributed by atoms with Crippen LogP contribution in [0.15, 0.2) is 5.16 Å². The van der Waals surface area contributed by atoms with Crippen LogP contribution in [0.3, 0.4) is 0 Å². The fourth-order valence-corrected chi connectivity index (χ4v) is 1.56. The van der Waals surface area contributed by atoms with Crippen molar-refractivity contribution in [1.29, 1.82) is 0 Å². The highest BCUT2D eigenvalue weighted by molar-refractivity contribution is 5.63. The summed E-state index contributed by atoms with van der Waals surface area (Å²) in [5.41, 5.74) is 0. The lowest BCUT2D eigenvalue weighted by molar-refractivity contribution is -0.156. The molecule has 0 bridgehead atoms. The predicted molar refractivity (Wildman–Crippen MR) is 52.0 cm³/mol. The highest BCUT2D eigenvalue weighted by Gasteiger charge is 2.44. The van der Waals surface area contributed by atoms with Crippen LogP contribution in [0, 0.1) is 0 Å². The zero-order valence-electron chi connectivity index (χ0n) is 9.08. The molecule has 1 heterocycles. The molecule has 3 atom stereocenters. The lowest BCUT2D eigenvalue weighted by Gasteiger charge is -2.20. The van der Waals surface area contributed by atoms with Gasteiger partial charge in [0.15, 0.2) is 5.79 Å². The first-order valence-corrected chi connectivity index (χ1v) is 4.70. The molecule has 1 aliphatic heterocycles. The minimum Gasteiger partial charge on any atom is -0.411 e. The Morgan fingerprint density at radius 3 is 2.73 bits per heavy atom. The highest BCUT2D eigenvalue weighted by atomic mass is 16.8. The van der Waals surface area contributed by atoms with E-state index < -0.39 is 24.1 Å². The molecule has 0 aliphatic carbocycles. The van der Waals surface area contributed by atoms with Crippen molar-refractivity contribution < 1.29 is 24.5 Å². The molecule has 1 saturated heterocycles. The molecular weight excluding hydrogens is 202 g/mol. The molecule has 0 aromatic carbocycles. The number of oxime groups is 1. The quantitative estimate of drug-likeness (QED) is 0.394. The molecule has 0 aromatic rings. The summed E-state index contributed by atoms with van der Waals surface area (Å²) >= 11 is 0. The van der Waals surface area contributed by atoms with Crippen molar-refractivity contribution >= 4 is 6.21 Å². The third kappa shape index (κ3) is 3.13. The van der Waals surface area contributed by atoms with Gasteiger partial charge in [-0.25, -0.2) is 0 Å². The summed E-state index contributed by atoms with van der Waals surface area (Å²) in [6, 6.07) is 0. The summed E-state index contributed by atoms with van der Waals surface area (Å²) in [6.45, 7) is 3.59. The van der Waals surface area contributed by atoms with Crippen LogP contribution >= 0.6 is 0 Å². The number of aliphatic hydroxyl groups excluding tert-OH is 1. The monoisotopic (exact) mass is 219 g/mol. The van der Waals surface area contributed by atoms with Gasteiger partial charge in [-0.05, 0) is 13.8 Å². The van der Waals surface area contributed by atoms with E-state index in [9.17, 15) is 5.11 Å². The number of aliphatic hydroxyl groups is 1. The average molecular weight is 219 g/mol. The minimum atomic E-state index is -0.820. The van der Waals surface area contributed by atoms with Crippen LogP contribution in [-0.2, 0) is 14.2 Å². The molecule has 1 rings (SSSR count). The molecule has 1 fully saturated rings. The molecule has 0 spiro atoms. The van der Waals surface area contributed by atoms with E-state index in [1.165, 1.54) is 13.3 Å². The normalized spacial score (nSPS) is 32.3. The molecule has 0 radical (unpaired) electrons. The van der Waals surface area contributed by atoms with Gasteiger partial charge in [0.25, 0.3) is 0 Å². The number of methoxy groups -OCH3 is 1. The summed E-state index contributed by atoms with van der Waals surface area (Å²) in [6.07, 6.45) is -0.788. The van der Waals surface area contributed by atoms with Crippen LogP contribution in [0.1, 0.15) is 13.8 Å². The van der Waals surface area contributed by atoms with Crippen molar-refractivity contribution in [3.8, 4) is 0 Å². The van der Waals surface area contributed by atoms with Crippen LogP contribution in [0.5, 0.6) is 0 Å². The number of ether oxygens (including phenoxy) is 3. The van der Waals surface area contributed by atoms with E-state index in [1.54, 1.807) is 13.8 Å². The third-order valence-electron chi connectivity index (χ3n) is 2.09. The van der Waals surface area contributed by atoms with Crippen molar-refractivity contribution in [2.75, 3.05) is 13.7 Å². The Balaban J connectivity index is 2.68. The zero-order chi connectivity index (χ0) is 11.5. The topological polar surface area (TPSA) is 80.5 Å². The van der Waals surface area contributed by atoms with E-state index in [4.69, 9.17) is 19.4 Å². The molecule has 2 N–H and O–H groups in total. The highest BCUT2D eigenvalue weighted by Crippen LogP contribution is 2.29. The minimum absolute atomic E-state index is 0.139. The standard InChI is InChI=1S/C9H17NO5/c1-9(2)14-7(4-10-12)8(15-9)6(11)5-13-3/h4,6-8,11-12H,5H2,1-3H3/b10-4+. The Labute approximate surface area is 88.4 Å². The van der Waals surface area contributed by atoms with E-state index in [0.717, 1.165) is 0 Å². The van der Waals surface area contributed by atoms with E-state index in [-0.39, 0.29) is 6.61 Å². The first-order valence-electron chi connectivity index (χ1n) is 4.70. The molecule has 15 heavy (non-hydrogen) atoms. The first-order chi connectivity index (χ1) is 7.00. The molecule has 88 valence electrons. The van der Waals surface area contributed by atoms with Crippen LogP contribution in [0.2, 0.25) is 0 Å². The fourth-order valence-electron chi connectivity index (χ4n) is 1.56. The average Bonchev–Trinajstić information content (AvgIpc) is 2.42. The maximum Gasteiger partial charge on any atom is 0.164 e. The van der Waals surface area contributed by atoms with Gasteiger partial charge in [0.05, 0.1) is 12.8 Å². The SMILES string of the molecule is COCC(O)C1OC(C)(C)OC1/C=N/O. The molecule has 0 saturated carbocycles. The third-order valence-corrected chi connectivity index (χ3v) is 2.09. The van der Waals surface area contributed by atoms with Crippen LogP contribution in [-0.4, -0.2) is 54.3 Å². The fraction of sp³-hybridized carbons (Fsp3) is 0.889. The van der Waals surface area contributed by atoms with E-state index >= 15 is 0 Å². The molecule has 0 amide bonds. The van der Waals surface area contributed by atoms with Gasteiger partial charge in [-0.1, -0.05) is 5.16 Å².